The van der Waals surface area contributed by atoms with Crippen molar-refractivity contribution in [3.05, 3.63) is 22.5 Å². The molecular weight excluding hydrogens is 222 g/mol. The second kappa shape index (κ2) is 3.44. The minimum Gasteiger partial charge on any atom is -0.506 e. The van der Waals surface area contributed by atoms with Gasteiger partial charge in [0.15, 0.2) is 0 Å². The van der Waals surface area contributed by atoms with Gasteiger partial charge in [-0.25, -0.2) is 0 Å². The molecule has 0 atom stereocenters. The SMILES string of the molecule is OB(O)c1cc(O)c2sc(Cl)cc2c1. The molecule has 0 saturated carbocycles. The summed E-state index contributed by atoms with van der Waals surface area (Å²) >= 11 is 7.02. The monoisotopic (exact) mass is 228 g/mol. The Morgan fingerprint density at radius 1 is 1.21 bits per heavy atom. The number of fused-ring (bicyclic) bond motifs is 1. The molecule has 1 heterocycles. The molecule has 0 radical (unpaired) electrons. The Morgan fingerprint density at radius 2 is 1.93 bits per heavy atom. The van der Waals surface area contributed by atoms with Gasteiger partial charge in [0.2, 0.25) is 0 Å². The number of phenolic OH excluding ortho intramolecular Hbond substituents is 1. The van der Waals surface area contributed by atoms with Crippen LogP contribution >= 0.6 is 22.9 Å². The fourth-order valence-corrected chi connectivity index (χ4v) is 2.40. The number of hydrogen-bond acceptors (Lipinski definition) is 4. The first-order chi connectivity index (χ1) is 6.58. The molecule has 0 aliphatic carbocycles. The van der Waals surface area contributed by atoms with Gasteiger partial charge in [0.1, 0.15) is 5.75 Å². The Kier molecular flexibility index (Phi) is 2.40. The zero-order valence-corrected chi connectivity index (χ0v) is 8.51. The number of thiophene rings is 1. The maximum Gasteiger partial charge on any atom is 0.488 e. The highest BCUT2D eigenvalue weighted by Gasteiger charge is 2.15. The maximum atomic E-state index is 9.54. The summed E-state index contributed by atoms with van der Waals surface area (Å²) < 4.78 is 1.21. The molecule has 3 N–H and O–H groups in total. The molecule has 6 heteroatoms. The average Bonchev–Trinajstić information content (AvgIpc) is 2.45. The molecule has 1 aromatic carbocycles. The highest BCUT2D eigenvalue weighted by atomic mass is 35.5. The van der Waals surface area contributed by atoms with E-state index in [0.29, 0.717) is 14.4 Å². The van der Waals surface area contributed by atoms with Crippen LogP contribution in [0.1, 0.15) is 0 Å². The molecule has 0 unspecified atom stereocenters. The maximum absolute atomic E-state index is 9.54. The van der Waals surface area contributed by atoms with Crippen molar-refractivity contribution in [3.8, 4) is 5.75 Å². The van der Waals surface area contributed by atoms with Crippen molar-refractivity contribution in [1.29, 1.82) is 0 Å². The van der Waals surface area contributed by atoms with Crippen molar-refractivity contribution in [2.45, 2.75) is 0 Å². The van der Waals surface area contributed by atoms with E-state index in [2.05, 4.69) is 0 Å². The number of hydrogen-bond donors (Lipinski definition) is 3. The minimum atomic E-state index is -1.58. The van der Waals surface area contributed by atoms with Crippen LogP contribution in [0.5, 0.6) is 5.75 Å². The van der Waals surface area contributed by atoms with Crippen LogP contribution in [-0.2, 0) is 0 Å². The number of rotatable bonds is 1. The van der Waals surface area contributed by atoms with Crippen LogP contribution in [0, 0.1) is 0 Å². The summed E-state index contributed by atoms with van der Waals surface area (Å²) in [6, 6.07) is 4.58. The van der Waals surface area contributed by atoms with Gasteiger partial charge in [0.25, 0.3) is 0 Å². The predicted molar refractivity (Wildman–Crippen MR) is 58.3 cm³/mol. The van der Waals surface area contributed by atoms with Crippen LogP contribution in [0.25, 0.3) is 10.1 Å². The largest absolute Gasteiger partial charge is 0.506 e. The first-order valence-corrected chi connectivity index (χ1v) is 5.05. The van der Waals surface area contributed by atoms with E-state index in [1.807, 2.05) is 0 Å². The highest BCUT2D eigenvalue weighted by Crippen LogP contribution is 2.34. The third-order valence-electron chi connectivity index (χ3n) is 1.89. The minimum absolute atomic E-state index is 0.0162. The summed E-state index contributed by atoms with van der Waals surface area (Å²) in [5.74, 6) is 0.0162. The summed E-state index contributed by atoms with van der Waals surface area (Å²) in [7, 11) is -1.58. The van der Waals surface area contributed by atoms with Crippen molar-refractivity contribution >= 4 is 45.6 Å². The van der Waals surface area contributed by atoms with Gasteiger partial charge in [-0.15, -0.1) is 11.3 Å². The Balaban J connectivity index is 2.71. The summed E-state index contributed by atoms with van der Waals surface area (Å²) in [4.78, 5) is 0. The van der Waals surface area contributed by atoms with Crippen LogP contribution in [0.3, 0.4) is 0 Å². The van der Waals surface area contributed by atoms with Gasteiger partial charge in [0, 0.05) is 0 Å². The molecule has 2 aromatic rings. The van der Waals surface area contributed by atoms with E-state index in [9.17, 15) is 5.11 Å². The highest BCUT2D eigenvalue weighted by molar-refractivity contribution is 7.23. The Morgan fingerprint density at radius 3 is 2.57 bits per heavy atom. The Hall–Kier alpha value is -0.745. The van der Waals surface area contributed by atoms with Gasteiger partial charge in [-0.3, -0.25) is 0 Å². The normalized spacial score (nSPS) is 10.8. The first kappa shape index (κ1) is 9.80. The van der Waals surface area contributed by atoms with Crippen LogP contribution in [0.15, 0.2) is 18.2 Å². The van der Waals surface area contributed by atoms with Crippen molar-refractivity contribution in [2.24, 2.45) is 0 Å². The number of halogens is 1. The summed E-state index contributed by atoms with van der Waals surface area (Å²) in [5, 5.41) is 28.1. The van der Waals surface area contributed by atoms with Gasteiger partial charge in [0.05, 0.1) is 9.04 Å². The average molecular weight is 228 g/mol. The van der Waals surface area contributed by atoms with E-state index in [4.69, 9.17) is 21.6 Å². The molecule has 2 rings (SSSR count). The van der Waals surface area contributed by atoms with Gasteiger partial charge in [-0.05, 0) is 23.0 Å². The topological polar surface area (TPSA) is 60.7 Å². The summed E-state index contributed by atoms with van der Waals surface area (Å²) in [6.07, 6.45) is 0. The van der Waals surface area contributed by atoms with Gasteiger partial charge < -0.3 is 15.2 Å². The third-order valence-corrected chi connectivity index (χ3v) is 3.19. The second-order valence-electron chi connectivity index (χ2n) is 2.88. The molecule has 0 amide bonds. The van der Waals surface area contributed by atoms with Gasteiger partial charge in [-0.1, -0.05) is 17.7 Å². The van der Waals surface area contributed by atoms with Gasteiger partial charge >= 0.3 is 7.12 Å². The number of aromatic hydroxyl groups is 1. The zero-order chi connectivity index (χ0) is 10.3. The number of phenols is 1. The standard InChI is InChI=1S/C8H6BClO3S/c10-7-2-4-1-5(9(12)13)3-6(11)8(4)14-7/h1-3,11-13H. The summed E-state index contributed by atoms with van der Waals surface area (Å²) in [6.45, 7) is 0. The van der Waals surface area contributed by atoms with Crippen LogP contribution in [0.2, 0.25) is 4.34 Å². The molecule has 1 aromatic heterocycles. The molecule has 14 heavy (non-hydrogen) atoms. The van der Waals surface area contributed by atoms with Crippen molar-refractivity contribution in [3.63, 3.8) is 0 Å². The third kappa shape index (κ3) is 1.59. The lowest BCUT2D eigenvalue weighted by Crippen LogP contribution is -2.29. The van der Waals surface area contributed by atoms with Crippen molar-refractivity contribution in [1.82, 2.24) is 0 Å². The fraction of sp³-hybridized carbons (Fsp3) is 0. The van der Waals surface area contributed by atoms with Crippen LogP contribution in [0.4, 0.5) is 0 Å². The van der Waals surface area contributed by atoms with Crippen LogP contribution < -0.4 is 5.46 Å². The predicted octanol–water partition coefficient (Wildman–Crippen LogP) is 0.940. The van der Waals surface area contributed by atoms with E-state index in [1.165, 1.54) is 17.4 Å². The molecule has 0 fully saturated rings. The molecule has 0 aliphatic rings. The zero-order valence-electron chi connectivity index (χ0n) is 6.94. The van der Waals surface area contributed by atoms with E-state index < -0.39 is 7.12 Å². The molecule has 0 bridgehead atoms. The van der Waals surface area contributed by atoms with E-state index in [1.54, 1.807) is 12.1 Å². The lowest BCUT2D eigenvalue weighted by Gasteiger charge is -2.01. The molecule has 0 saturated heterocycles. The smallest absolute Gasteiger partial charge is 0.488 e. The Bertz CT molecular complexity index is 483. The van der Waals surface area contributed by atoms with E-state index in [0.717, 1.165) is 0 Å². The van der Waals surface area contributed by atoms with Gasteiger partial charge in [-0.2, -0.15) is 0 Å². The summed E-state index contributed by atoms with van der Waals surface area (Å²) in [5.41, 5.74) is 0.254. The second-order valence-corrected chi connectivity index (χ2v) is 4.57. The van der Waals surface area contributed by atoms with Crippen LogP contribution in [-0.4, -0.2) is 22.3 Å². The molecule has 3 nitrogen and oxygen atoms in total. The molecule has 0 spiro atoms. The molecular formula is C8H6BClO3S. The lowest BCUT2D eigenvalue weighted by atomic mass is 9.80. The quantitative estimate of drug-likeness (QED) is 0.637. The molecule has 72 valence electrons. The lowest BCUT2D eigenvalue weighted by molar-refractivity contribution is 0.425. The van der Waals surface area contributed by atoms with E-state index >= 15 is 0 Å². The molecule has 0 aliphatic heterocycles. The fourth-order valence-electron chi connectivity index (χ4n) is 1.27. The Labute approximate surface area is 89.3 Å². The number of benzene rings is 1. The first-order valence-electron chi connectivity index (χ1n) is 3.86. The van der Waals surface area contributed by atoms with Crippen molar-refractivity contribution in [2.75, 3.05) is 0 Å². The van der Waals surface area contributed by atoms with E-state index in [-0.39, 0.29) is 11.2 Å². The van der Waals surface area contributed by atoms with Crippen molar-refractivity contribution < 1.29 is 15.2 Å².